The second-order valence-electron chi connectivity index (χ2n) is 19.0. The third-order valence-electron chi connectivity index (χ3n) is 12.6. The highest BCUT2D eigenvalue weighted by molar-refractivity contribution is 5.70. The van der Waals surface area contributed by atoms with E-state index in [1.807, 2.05) is 0 Å². The number of carbonyl (C=O) groups excluding carboxylic acids is 2. The molecule has 5 nitrogen and oxygen atoms in total. The third kappa shape index (κ3) is 52.5. The third-order valence-corrected chi connectivity index (χ3v) is 12.6. The normalized spacial score (nSPS) is 12.5. The van der Waals surface area contributed by atoms with Gasteiger partial charge in [-0.05, 0) is 51.4 Å². The predicted octanol–water partition coefficient (Wildman–Crippen LogP) is 18.9. The first-order chi connectivity index (χ1) is 31.6. The highest BCUT2D eigenvalue weighted by Gasteiger charge is 2.16. The smallest absolute Gasteiger partial charge is 0.306 e. The van der Waals surface area contributed by atoms with Gasteiger partial charge < -0.3 is 14.6 Å². The summed E-state index contributed by atoms with van der Waals surface area (Å²) in [7, 11) is 0. The van der Waals surface area contributed by atoms with Crippen LogP contribution in [0.15, 0.2) is 48.6 Å². The van der Waals surface area contributed by atoms with E-state index in [4.69, 9.17) is 9.47 Å². The van der Waals surface area contributed by atoms with E-state index in [-0.39, 0.29) is 25.2 Å². The van der Waals surface area contributed by atoms with E-state index < -0.39 is 6.10 Å². The van der Waals surface area contributed by atoms with Crippen molar-refractivity contribution in [1.82, 2.24) is 0 Å². The van der Waals surface area contributed by atoms with Crippen molar-refractivity contribution in [2.75, 3.05) is 13.2 Å². The lowest BCUT2D eigenvalue weighted by Gasteiger charge is -2.15. The summed E-state index contributed by atoms with van der Waals surface area (Å²) in [6, 6.07) is 0. The number of hydrogen-bond donors (Lipinski definition) is 1. The number of ether oxygens (including phenoxy) is 2. The van der Waals surface area contributed by atoms with Crippen LogP contribution >= 0.6 is 0 Å². The molecule has 0 amide bonds. The molecule has 374 valence electrons. The van der Waals surface area contributed by atoms with E-state index in [9.17, 15) is 14.7 Å². The Morgan fingerprint density at radius 1 is 0.375 bits per heavy atom. The Morgan fingerprint density at radius 3 is 1.02 bits per heavy atom. The van der Waals surface area contributed by atoms with Gasteiger partial charge in [0.15, 0.2) is 6.10 Å². The van der Waals surface area contributed by atoms with Crippen LogP contribution in [0.25, 0.3) is 0 Å². The maximum Gasteiger partial charge on any atom is 0.306 e. The molecule has 0 aliphatic carbocycles. The van der Waals surface area contributed by atoms with Crippen LogP contribution in [0.4, 0.5) is 0 Å². The molecule has 0 fully saturated rings. The Hall–Kier alpha value is -2.14. The monoisotopic (exact) mass is 897 g/mol. The molecule has 0 bridgehead atoms. The van der Waals surface area contributed by atoms with Crippen LogP contribution in [-0.4, -0.2) is 36.4 Å². The number of rotatable bonds is 52. The number of unbranched alkanes of at least 4 members (excludes halogenated alkanes) is 36. The van der Waals surface area contributed by atoms with E-state index >= 15 is 0 Å². The zero-order chi connectivity index (χ0) is 46.3. The summed E-state index contributed by atoms with van der Waals surface area (Å²) in [5.74, 6) is -0.574. The molecule has 64 heavy (non-hydrogen) atoms. The summed E-state index contributed by atoms with van der Waals surface area (Å²) < 4.78 is 10.7. The fraction of sp³-hybridized carbons (Fsp3) is 0.831. The Morgan fingerprint density at radius 2 is 0.672 bits per heavy atom. The van der Waals surface area contributed by atoms with Gasteiger partial charge in [0.1, 0.15) is 6.61 Å². The van der Waals surface area contributed by atoms with Crippen molar-refractivity contribution in [2.24, 2.45) is 0 Å². The van der Waals surface area contributed by atoms with Crippen molar-refractivity contribution in [2.45, 2.75) is 302 Å². The molecule has 0 radical (unpaired) electrons. The van der Waals surface area contributed by atoms with E-state index in [0.717, 1.165) is 64.2 Å². The van der Waals surface area contributed by atoms with Crippen LogP contribution in [0.5, 0.6) is 0 Å². The second-order valence-corrected chi connectivity index (χ2v) is 19.0. The fourth-order valence-corrected chi connectivity index (χ4v) is 8.43. The minimum atomic E-state index is -0.766. The molecule has 5 heteroatoms. The molecule has 0 saturated carbocycles. The first-order valence-electron chi connectivity index (χ1n) is 28.2. The highest BCUT2D eigenvalue weighted by atomic mass is 16.6. The molecule has 1 unspecified atom stereocenters. The van der Waals surface area contributed by atoms with E-state index in [1.54, 1.807) is 0 Å². The van der Waals surface area contributed by atoms with Crippen LogP contribution in [0.3, 0.4) is 0 Å². The van der Waals surface area contributed by atoms with Gasteiger partial charge in [0.05, 0.1) is 6.61 Å². The zero-order valence-corrected chi connectivity index (χ0v) is 42.8. The first-order valence-corrected chi connectivity index (χ1v) is 28.2. The van der Waals surface area contributed by atoms with Gasteiger partial charge in [-0.25, -0.2) is 0 Å². The number of allylic oxidation sites excluding steroid dienone is 8. The maximum absolute atomic E-state index is 12.3. The first kappa shape index (κ1) is 61.9. The molecule has 0 aromatic heterocycles. The number of hydrogen-bond acceptors (Lipinski definition) is 5. The quantitative estimate of drug-likeness (QED) is 0.0374. The molecule has 0 saturated heterocycles. The largest absolute Gasteiger partial charge is 0.462 e. The number of aliphatic hydroxyl groups is 1. The summed E-state index contributed by atoms with van der Waals surface area (Å²) in [4.78, 5) is 24.4. The van der Waals surface area contributed by atoms with Gasteiger partial charge in [0, 0.05) is 12.8 Å². The average Bonchev–Trinajstić information content (AvgIpc) is 3.30. The number of carbonyl (C=O) groups is 2. The molecule has 0 aromatic carbocycles. The Balaban J connectivity index is 3.38. The Bertz CT molecular complexity index is 1060. The second kappa shape index (κ2) is 55.2. The van der Waals surface area contributed by atoms with E-state index in [1.165, 1.54) is 205 Å². The summed E-state index contributed by atoms with van der Waals surface area (Å²) >= 11 is 0. The highest BCUT2D eigenvalue weighted by Crippen LogP contribution is 2.17. The molecule has 0 aliphatic heterocycles. The van der Waals surface area contributed by atoms with Gasteiger partial charge in [0.25, 0.3) is 0 Å². The molecule has 0 aromatic rings. The lowest BCUT2D eigenvalue weighted by atomic mass is 10.0. The lowest BCUT2D eigenvalue weighted by molar-refractivity contribution is -0.161. The van der Waals surface area contributed by atoms with Crippen LogP contribution in [0, 0.1) is 0 Å². The zero-order valence-electron chi connectivity index (χ0n) is 42.8. The van der Waals surface area contributed by atoms with Crippen molar-refractivity contribution < 1.29 is 24.2 Å². The lowest BCUT2D eigenvalue weighted by Crippen LogP contribution is -2.28. The summed E-state index contributed by atoms with van der Waals surface area (Å²) in [5, 5.41) is 9.62. The maximum atomic E-state index is 12.3. The molecular weight excluding hydrogens is 789 g/mol. The van der Waals surface area contributed by atoms with Crippen LogP contribution in [-0.2, 0) is 19.1 Å². The van der Waals surface area contributed by atoms with Crippen molar-refractivity contribution in [3.63, 3.8) is 0 Å². The van der Waals surface area contributed by atoms with Gasteiger partial charge in [-0.15, -0.1) is 0 Å². The van der Waals surface area contributed by atoms with Crippen molar-refractivity contribution >= 4 is 11.9 Å². The van der Waals surface area contributed by atoms with Gasteiger partial charge in [-0.2, -0.15) is 0 Å². The topological polar surface area (TPSA) is 72.8 Å². The number of esters is 2. The van der Waals surface area contributed by atoms with Crippen molar-refractivity contribution in [3.05, 3.63) is 48.6 Å². The van der Waals surface area contributed by atoms with Crippen molar-refractivity contribution in [1.29, 1.82) is 0 Å². The summed E-state index contributed by atoms with van der Waals surface area (Å²) in [5.41, 5.74) is 0. The minimum Gasteiger partial charge on any atom is -0.462 e. The standard InChI is InChI=1S/C59H108O5/c1-3-5-7-9-11-13-15-17-18-19-20-21-22-23-24-25-26-27-28-29-30-31-32-33-34-35-36-37-38-39-40-42-44-46-48-50-52-54-59(62)64-57(55-60)56-63-58(61)53-51-49-47-45-43-41-16-14-12-10-8-6-4-2/h5,7,11,13,17-18,20-21,57,60H,3-4,6,8-10,12,14-16,19,22-56H2,1-2H3/b7-5-,13-11-,18-17-,21-20-. The molecule has 0 heterocycles. The van der Waals surface area contributed by atoms with Gasteiger partial charge in [-0.3, -0.25) is 9.59 Å². The van der Waals surface area contributed by atoms with Crippen LogP contribution < -0.4 is 0 Å². The average molecular weight is 898 g/mol. The molecule has 0 aliphatic rings. The molecular formula is C59H108O5. The summed E-state index contributed by atoms with van der Waals surface area (Å²) in [6.45, 7) is 4.06. The minimum absolute atomic E-state index is 0.0595. The number of aliphatic hydroxyl groups excluding tert-OH is 1. The molecule has 0 spiro atoms. The predicted molar refractivity (Wildman–Crippen MR) is 279 cm³/mol. The fourth-order valence-electron chi connectivity index (χ4n) is 8.43. The SMILES string of the molecule is CC/C=C\C/C=C\C/C=C\C/C=C\CCCCCCCCCCCCCCCCCCCCCCCCCCC(=O)OC(CO)COC(=O)CCCCCCCCCCCCCCC. The van der Waals surface area contributed by atoms with Crippen molar-refractivity contribution in [3.8, 4) is 0 Å². The molecule has 1 N–H and O–H groups in total. The molecule has 1 atom stereocenters. The Labute approximate surface area is 398 Å². The summed E-state index contributed by atoms with van der Waals surface area (Å²) in [6.07, 6.45) is 72.5. The van der Waals surface area contributed by atoms with Gasteiger partial charge in [0.2, 0.25) is 0 Å². The van der Waals surface area contributed by atoms with Gasteiger partial charge in [-0.1, -0.05) is 281 Å². The van der Waals surface area contributed by atoms with E-state index in [2.05, 4.69) is 62.5 Å². The van der Waals surface area contributed by atoms with Crippen LogP contribution in [0.1, 0.15) is 296 Å². The Kier molecular flexibility index (Phi) is 53.3. The van der Waals surface area contributed by atoms with Gasteiger partial charge >= 0.3 is 11.9 Å². The molecule has 0 rings (SSSR count). The van der Waals surface area contributed by atoms with Crippen LogP contribution in [0.2, 0.25) is 0 Å². The van der Waals surface area contributed by atoms with E-state index in [0.29, 0.717) is 12.8 Å².